The largest absolute Gasteiger partial charge is 0.478 e. The lowest BCUT2D eigenvalue weighted by molar-refractivity contribution is -0.145. The second-order valence-electron chi connectivity index (χ2n) is 4.12. The summed E-state index contributed by atoms with van der Waals surface area (Å²) in [4.78, 5) is 15.1. The van der Waals surface area contributed by atoms with Crippen LogP contribution >= 0.6 is 23.2 Å². The van der Waals surface area contributed by atoms with Gasteiger partial charge in [-0.2, -0.15) is 0 Å². The molecule has 1 N–H and O–H groups in total. The summed E-state index contributed by atoms with van der Waals surface area (Å²) in [5, 5.41) is 10.2. The molecule has 0 fully saturated rings. The van der Waals surface area contributed by atoms with Crippen LogP contribution in [0.3, 0.4) is 0 Å². The van der Waals surface area contributed by atoms with Crippen molar-refractivity contribution in [1.29, 1.82) is 0 Å². The Kier molecular flexibility index (Phi) is 4.82. The number of carboxylic acid groups (broad SMARTS) is 1. The molecule has 0 saturated heterocycles. The molecule has 1 atom stereocenters. The van der Waals surface area contributed by atoms with E-state index < -0.39 is 12.1 Å². The first-order chi connectivity index (χ1) is 9.54. The number of ether oxygens (including phenoxy) is 1. The number of nitrogens with zero attached hydrogens (tertiary/aromatic N) is 1. The van der Waals surface area contributed by atoms with Gasteiger partial charge in [-0.15, -0.1) is 0 Å². The smallest absolute Gasteiger partial charge is 0.345 e. The number of hydrogen-bond acceptors (Lipinski definition) is 3. The molecule has 0 radical (unpaired) electrons. The van der Waals surface area contributed by atoms with Gasteiger partial charge in [0.05, 0.1) is 11.2 Å². The molecule has 0 saturated carbocycles. The van der Waals surface area contributed by atoms with Crippen molar-refractivity contribution in [1.82, 2.24) is 4.98 Å². The highest BCUT2D eigenvalue weighted by Crippen LogP contribution is 2.19. The summed E-state index contributed by atoms with van der Waals surface area (Å²) in [5.74, 6) is -0.753. The van der Waals surface area contributed by atoms with Crippen LogP contribution in [0.4, 0.5) is 0 Å². The molecule has 6 heteroatoms. The summed E-state index contributed by atoms with van der Waals surface area (Å²) in [5.41, 5.74) is 0.778. The Labute approximate surface area is 125 Å². The topological polar surface area (TPSA) is 59.4 Å². The molecule has 0 amide bonds. The van der Waals surface area contributed by atoms with Crippen molar-refractivity contribution in [3.63, 3.8) is 0 Å². The predicted molar refractivity (Wildman–Crippen MR) is 76.5 cm³/mol. The van der Waals surface area contributed by atoms with Crippen LogP contribution in [0.15, 0.2) is 42.7 Å². The number of carbonyl (C=O) groups is 1. The van der Waals surface area contributed by atoms with Crippen molar-refractivity contribution in [3.8, 4) is 5.75 Å². The number of aromatic nitrogens is 1. The molecule has 2 aromatic rings. The van der Waals surface area contributed by atoms with Crippen molar-refractivity contribution in [3.05, 3.63) is 58.3 Å². The van der Waals surface area contributed by atoms with Crippen LogP contribution in [0.1, 0.15) is 5.56 Å². The number of benzene rings is 1. The fourth-order valence-corrected chi connectivity index (χ4v) is 2.06. The summed E-state index contributed by atoms with van der Waals surface area (Å²) in [7, 11) is 0. The maximum atomic E-state index is 11.3. The summed E-state index contributed by atoms with van der Waals surface area (Å²) >= 11 is 11.7. The normalized spacial score (nSPS) is 11.9. The van der Waals surface area contributed by atoms with Crippen LogP contribution in [-0.2, 0) is 11.2 Å². The zero-order valence-corrected chi connectivity index (χ0v) is 11.8. The molecule has 104 valence electrons. The van der Waals surface area contributed by atoms with Crippen LogP contribution in [0, 0.1) is 0 Å². The third-order valence-corrected chi connectivity index (χ3v) is 2.99. The zero-order chi connectivity index (χ0) is 14.5. The number of aliphatic carboxylic acids is 1. The first-order valence-corrected chi connectivity index (χ1v) is 6.54. The van der Waals surface area contributed by atoms with Crippen LogP contribution in [-0.4, -0.2) is 22.2 Å². The zero-order valence-electron chi connectivity index (χ0n) is 10.3. The maximum absolute atomic E-state index is 11.3. The SMILES string of the molecule is O=C(O)[C@@H](Cc1cccc(Cl)c1)Oc1cncc(Cl)c1. The van der Waals surface area contributed by atoms with Gasteiger partial charge in [0.2, 0.25) is 0 Å². The molecule has 1 aromatic heterocycles. The molecule has 4 nitrogen and oxygen atoms in total. The summed E-state index contributed by atoms with van der Waals surface area (Å²) in [6.45, 7) is 0. The fourth-order valence-electron chi connectivity index (χ4n) is 1.68. The first kappa shape index (κ1) is 14.6. The number of rotatable bonds is 5. The molecular formula is C14H11Cl2NO3. The van der Waals surface area contributed by atoms with Crippen LogP contribution in [0.2, 0.25) is 10.0 Å². The Bertz CT molecular complexity index is 571. The van der Waals surface area contributed by atoms with Crippen molar-refractivity contribution in [2.75, 3.05) is 0 Å². The molecule has 0 spiro atoms. The number of halogens is 2. The van der Waals surface area contributed by atoms with E-state index in [1.807, 2.05) is 0 Å². The molecule has 20 heavy (non-hydrogen) atoms. The number of pyridine rings is 1. The van der Waals surface area contributed by atoms with Crippen LogP contribution in [0.5, 0.6) is 5.75 Å². The molecule has 0 unspecified atom stereocenters. The van der Waals surface area contributed by atoms with Gasteiger partial charge in [-0.3, -0.25) is 4.98 Å². The number of carboxylic acids is 1. The molecule has 1 aromatic carbocycles. The third-order valence-electron chi connectivity index (χ3n) is 2.54. The first-order valence-electron chi connectivity index (χ1n) is 5.79. The molecule has 0 aliphatic carbocycles. The highest BCUT2D eigenvalue weighted by atomic mass is 35.5. The van der Waals surface area contributed by atoms with Gasteiger partial charge < -0.3 is 9.84 Å². The van der Waals surface area contributed by atoms with Gasteiger partial charge in [0.25, 0.3) is 0 Å². The van der Waals surface area contributed by atoms with Gasteiger partial charge in [0.1, 0.15) is 5.75 Å². The van der Waals surface area contributed by atoms with Gasteiger partial charge in [-0.1, -0.05) is 35.3 Å². The molecule has 1 heterocycles. The molecule has 0 aliphatic heterocycles. The van der Waals surface area contributed by atoms with Gasteiger partial charge in [0.15, 0.2) is 6.10 Å². The van der Waals surface area contributed by atoms with Crippen molar-refractivity contribution >= 4 is 29.2 Å². The van der Waals surface area contributed by atoms with E-state index in [9.17, 15) is 9.90 Å². The van der Waals surface area contributed by atoms with Crippen LogP contribution < -0.4 is 4.74 Å². The van der Waals surface area contributed by atoms with E-state index >= 15 is 0 Å². The predicted octanol–water partition coefficient (Wildman–Crippen LogP) is 3.46. The van der Waals surface area contributed by atoms with Gasteiger partial charge >= 0.3 is 5.97 Å². The second-order valence-corrected chi connectivity index (χ2v) is 4.99. The molecule has 0 aliphatic rings. The van der Waals surface area contributed by atoms with Crippen molar-refractivity contribution in [2.24, 2.45) is 0 Å². The van der Waals surface area contributed by atoms with Gasteiger partial charge in [-0.05, 0) is 17.7 Å². The molecular weight excluding hydrogens is 301 g/mol. The Morgan fingerprint density at radius 1 is 1.25 bits per heavy atom. The summed E-state index contributed by atoms with van der Waals surface area (Å²) < 4.78 is 5.41. The summed E-state index contributed by atoms with van der Waals surface area (Å²) in [6.07, 6.45) is 2.03. The fraction of sp³-hybridized carbons (Fsp3) is 0.143. The number of hydrogen-bond donors (Lipinski definition) is 1. The average molecular weight is 312 g/mol. The Balaban J connectivity index is 2.13. The minimum atomic E-state index is -1.06. The van der Waals surface area contributed by atoms with E-state index in [1.54, 1.807) is 24.3 Å². The Hall–Kier alpha value is -1.78. The standard InChI is InChI=1S/C14H11Cl2NO3/c15-10-3-1-2-9(4-10)5-13(14(18)19)20-12-6-11(16)7-17-8-12/h1-4,6-8,13H,5H2,(H,18,19)/t13-/m1/s1. The maximum Gasteiger partial charge on any atom is 0.345 e. The highest BCUT2D eigenvalue weighted by molar-refractivity contribution is 6.30. The van der Waals surface area contributed by atoms with E-state index in [-0.39, 0.29) is 6.42 Å². The minimum Gasteiger partial charge on any atom is -0.478 e. The van der Waals surface area contributed by atoms with Gasteiger partial charge in [-0.25, -0.2) is 4.79 Å². The lowest BCUT2D eigenvalue weighted by Gasteiger charge is -2.15. The monoisotopic (exact) mass is 311 g/mol. The van der Waals surface area contributed by atoms with E-state index in [4.69, 9.17) is 27.9 Å². The van der Waals surface area contributed by atoms with Crippen molar-refractivity contribution in [2.45, 2.75) is 12.5 Å². The van der Waals surface area contributed by atoms with E-state index in [0.29, 0.717) is 15.8 Å². The van der Waals surface area contributed by atoms with Crippen LogP contribution in [0.25, 0.3) is 0 Å². The van der Waals surface area contributed by atoms with Gasteiger partial charge in [0, 0.05) is 23.7 Å². The quantitative estimate of drug-likeness (QED) is 0.918. The third kappa shape index (κ3) is 4.11. The average Bonchev–Trinajstić information content (AvgIpc) is 2.38. The Morgan fingerprint density at radius 3 is 2.70 bits per heavy atom. The minimum absolute atomic E-state index is 0.197. The van der Waals surface area contributed by atoms with E-state index in [0.717, 1.165) is 5.56 Å². The Morgan fingerprint density at radius 2 is 2.05 bits per heavy atom. The lowest BCUT2D eigenvalue weighted by atomic mass is 10.1. The molecule has 2 rings (SSSR count). The lowest BCUT2D eigenvalue weighted by Crippen LogP contribution is -2.29. The van der Waals surface area contributed by atoms with E-state index in [2.05, 4.69) is 4.98 Å². The highest BCUT2D eigenvalue weighted by Gasteiger charge is 2.20. The summed E-state index contributed by atoms with van der Waals surface area (Å²) in [6, 6.07) is 8.50. The van der Waals surface area contributed by atoms with Crippen molar-refractivity contribution < 1.29 is 14.6 Å². The van der Waals surface area contributed by atoms with E-state index in [1.165, 1.54) is 18.5 Å². The second kappa shape index (κ2) is 6.59. The molecule has 0 bridgehead atoms.